The number of benzene rings is 1. The van der Waals surface area contributed by atoms with E-state index in [1.807, 2.05) is 0 Å². The average molecular weight is 335 g/mol. The van der Waals surface area contributed by atoms with Gasteiger partial charge in [-0.05, 0) is 24.3 Å². The van der Waals surface area contributed by atoms with E-state index >= 15 is 0 Å². The highest BCUT2D eigenvalue weighted by molar-refractivity contribution is 5.67. The molecule has 0 amide bonds. The van der Waals surface area contributed by atoms with Gasteiger partial charge in [-0.25, -0.2) is 13.8 Å². The summed E-state index contributed by atoms with van der Waals surface area (Å²) in [6.07, 6.45) is 0.0265. The SMILES string of the molecule is OC[C@@H]1OC[C@@H](c2c(-c3ccc(F)cc3)nc3n2CNC=C3F)O1. The van der Waals surface area contributed by atoms with Crippen LogP contribution in [0.25, 0.3) is 17.1 Å². The third-order valence-electron chi connectivity index (χ3n) is 4.02. The lowest BCUT2D eigenvalue weighted by molar-refractivity contribution is -0.0889. The number of ether oxygens (including phenoxy) is 2. The number of imidazole rings is 1. The van der Waals surface area contributed by atoms with Crippen molar-refractivity contribution < 1.29 is 23.4 Å². The smallest absolute Gasteiger partial charge is 0.181 e. The molecule has 126 valence electrons. The van der Waals surface area contributed by atoms with Crippen molar-refractivity contribution >= 4 is 5.83 Å². The molecular weight excluding hydrogens is 320 g/mol. The number of nitrogens with zero attached hydrogens (tertiary/aromatic N) is 2. The van der Waals surface area contributed by atoms with Gasteiger partial charge < -0.3 is 24.5 Å². The van der Waals surface area contributed by atoms with Crippen LogP contribution in [0.15, 0.2) is 30.5 Å². The molecule has 2 atom stereocenters. The zero-order chi connectivity index (χ0) is 16.7. The van der Waals surface area contributed by atoms with Gasteiger partial charge in [0, 0.05) is 11.8 Å². The largest absolute Gasteiger partial charge is 0.391 e. The lowest BCUT2D eigenvalue weighted by Crippen LogP contribution is -2.23. The Kier molecular flexibility index (Phi) is 3.79. The van der Waals surface area contributed by atoms with Crippen molar-refractivity contribution in [2.45, 2.75) is 19.1 Å². The lowest BCUT2D eigenvalue weighted by atomic mass is 10.1. The summed E-state index contributed by atoms with van der Waals surface area (Å²) in [6, 6.07) is 5.82. The molecule has 8 heteroatoms. The fraction of sp³-hybridized carbons (Fsp3) is 0.312. The molecule has 1 fully saturated rings. The van der Waals surface area contributed by atoms with E-state index in [1.165, 1.54) is 18.3 Å². The quantitative estimate of drug-likeness (QED) is 0.897. The highest BCUT2D eigenvalue weighted by Crippen LogP contribution is 2.37. The molecule has 2 aliphatic rings. The first-order chi connectivity index (χ1) is 11.7. The molecule has 3 heterocycles. The summed E-state index contributed by atoms with van der Waals surface area (Å²) in [5, 5.41) is 12.0. The van der Waals surface area contributed by atoms with Gasteiger partial charge in [-0.3, -0.25) is 0 Å². The van der Waals surface area contributed by atoms with Crippen LogP contribution < -0.4 is 5.32 Å². The molecule has 4 rings (SSSR count). The minimum Gasteiger partial charge on any atom is -0.391 e. The number of fused-ring (bicyclic) bond motifs is 1. The Morgan fingerprint density at radius 3 is 2.79 bits per heavy atom. The van der Waals surface area contributed by atoms with Gasteiger partial charge in [-0.1, -0.05) is 0 Å². The maximum absolute atomic E-state index is 14.1. The van der Waals surface area contributed by atoms with Crippen LogP contribution in [0.5, 0.6) is 0 Å². The van der Waals surface area contributed by atoms with E-state index in [9.17, 15) is 13.9 Å². The van der Waals surface area contributed by atoms with Gasteiger partial charge in [0.2, 0.25) is 0 Å². The van der Waals surface area contributed by atoms with Crippen LogP contribution >= 0.6 is 0 Å². The number of aromatic nitrogens is 2. The van der Waals surface area contributed by atoms with E-state index in [-0.39, 0.29) is 24.9 Å². The van der Waals surface area contributed by atoms with E-state index in [0.717, 1.165) is 0 Å². The van der Waals surface area contributed by atoms with Crippen LogP contribution in [-0.4, -0.2) is 34.2 Å². The van der Waals surface area contributed by atoms with E-state index in [0.29, 0.717) is 23.6 Å². The molecule has 1 aromatic heterocycles. The third-order valence-corrected chi connectivity index (χ3v) is 4.02. The molecule has 2 aromatic rings. The zero-order valence-electron chi connectivity index (χ0n) is 12.6. The first kappa shape index (κ1) is 15.3. The van der Waals surface area contributed by atoms with Crippen molar-refractivity contribution in [3.63, 3.8) is 0 Å². The summed E-state index contributed by atoms with van der Waals surface area (Å²) in [6.45, 7) is 0.279. The molecule has 0 unspecified atom stereocenters. The average Bonchev–Trinajstić information content (AvgIpc) is 3.20. The molecule has 24 heavy (non-hydrogen) atoms. The Balaban J connectivity index is 1.83. The molecule has 1 aromatic carbocycles. The van der Waals surface area contributed by atoms with Crippen LogP contribution in [0.1, 0.15) is 17.6 Å². The van der Waals surface area contributed by atoms with Crippen LogP contribution in [0.4, 0.5) is 8.78 Å². The zero-order valence-corrected chi connectivity index (χ0v) is 12.6. The number of aliphatic hydroxyl groups is 1. The summed E-state index contributed by atoms with van der Waals surface area (Å²) in [5.74, 6) is -0.676. The van der Waals surface area contributed by atoms with Crippen LogP contribution in [-0.2, 0) is 16.1 Å². The third kappa shape index (κ3) is 2.48. The molecule has 0 saturated carbocycles. The monoisotopic (exact) mass is 335 g/mol. The van der Waals surface area contributed by atoms with Crippen molar-refractivity contribution in [2.24, 2.45) is 0 Å². The van der Waals surface area contributed by atoms with E-state index < -0.39 is 18.2 Å². The number of hydrogen-bond acceptors (Lipinski definition) is 5. The predicted octanol–water partition coefficient (Wildman–Crippen LogP) is 1.92. The fourth-order valence-electron chi connectivity index (χ4n) is 2.94. The Bertz CT molecular complexity index is 789. The van der Waals surface area contributed by atoms with Gasteiger partial charge in [-0.2, -0.15) is 0 Å². The van der Waals surface area contributed by atoms with Crippen LogP contribution in [0.3, 0.4) is 0 Å². The number of halogens is 2. The first-order valence-corrected chi connectivity index (χ1v) is 7.51. The standard InChI is InChI=1S/C16H15F2N3O3/c17-10-3-1-9(2-4-10)14-15(12-7-23-13(6-22)24-12)21-8-19-5-11(18)16(21)20-14/h1-5,12-13,19,22H,6-8H2/t12-,13+/m0/s1. The predicted molar refractivity (Wildman–Crippen MR) is 80.5 cm³/mol. The number of aliphatic hydroxyl groups excluding tert-OH is 1. The minimum absolute atomic E-state index is 0.180. The topological polar surface area (TPSA) is 68.5 Å². The molecule has 1 saturated heterocycles. The molecule has 2 N–H and O–H groups in total. The van der Waals surface area contributed by atoms with Gasteiger partial charge in [-0.15, -0.1) is 0 Å². The second-order valence-corrected chi connectivity index (χ2v) is 5.53. The van der Waals surface area contributed by atoms with Crippen molar-refractivity contribution in [1.29, 1.82) is 0 Å². The fourth-order valence-corrected chi connectivity index (χ4v) is 2.94. The van der Waals surface area contributed by atoms with Crippen LogP contribution in [0.2, 0.25) is 0 Å². The summed E-state index contributed by atoms with van der Waals surface area (Å²) < 4.78 is 40.0. The summed E-state index contributed by atoms with van der Waals surface area (Å²) in [4.78, 5) is 4.39. The number of nitrogens with one attached hydrogen (secondary N) is 1. The van der Waals surface area contributed by atoms with Gasteiger partial charge in [0.05, 0.1) is 31.3 Å². The maximum atomic E-state index is 14.1. The van der Waals surface area contributed by atoms with Crippen molar-refractivity contribution in [3.05, 3.63) is 47.8 Å². The summed E-state index contributed by atoms with van der Waals surface area (Å²) >= 11 is 0. The van der Waals surface area contributed by atoms with Gasteiger partial charge in [0.25, 0.3) is 0 Å². The molecule has 0 aliphatic carbocycles. The van der Waals surface area contributed by atoms with Crippen molar-refractivity contribution in [1.82, 2.24) is 14.9 Å². The van der Waals surface area contributed by atoms with Crippen molar-refractivity contribution in [3.8, 4) is 11.3 Å². The summed E-state index contributed by atoms with van der Waals surface area (Å²) in [5.41, 5.74) is 1.78. The molecule has 2 aliphatic heterocycles. The molecule has 0 bridgehead atoms. The Labute approximate surface area is 136 Å². The first-order valence-electron chi connectivity index (χ1n) is 7.51. The van der Waals surface area contributed by atoms with Gasteiger partial charge >= 0.3 is 0 Å². The maximum Gasteiger partial charge on any atom is 0.181 e. The van der Waals surface area contributed by atoms with Crippen molar-refractivity contribution in [2.75, 3.05) is 13.2 Å². The Hall–Kier alpha value is -2.29. The lowest BCUT2D eigenvalue weighted by Gasteiger charge is -2.18. The van der Waals surface area contributed by atoms with Crippen LogP contribution in [0, 0.1) is 5.82 Å². The van der Waals surface area contributed by atoms with E-state index in [4.69, 9.17) is 9.47 Å². The second kappa shape index (κ2) is 5.97. The van der Waals surface area contributed by atoms with E-state index in [2.05, 4.69) is 10.3 Å². The van der Waals surface area contributed by atoms with E-state index in [1.54, 1.807) is 16.7 Å². The highest BCUT2D eigenvalue weighted by Gasteiger charge is 2.34. The normalized spacial score (nSPS) is 22.9. The van der Waals surface area contributed by atoms with Gasteiger partial charge in [0.15, 0.2) is 17.9 Å². The molecular formula is C16H15F2N3O3. The van der Waals surface area contributed by atoms with Gasteiger partial charge in [0.1, 0.15) is 11.9 Å². The molecule has 6 nitrogen and oxygen atoms in total. The Morgan fingerprint density at radius 2 is 2.08 bits per heavy atom. The highest BCUT2D eigenvalue weighted by atomic mass is 19.1. The number of rotatable bonds is 3. The molecule has 0 spiro atoms. The second-order valence-electron chi connectivity index (χ2n) is 5.53. The minimum atomic E-state index is -0.723. The molecule has 0 radical (unpaired) electrons. The summed E-state index contributed by atoms with van der Waals surface area (Å²) in [7, 11) is 0. The Morgan fingerprint density at radius 1 is 1.29 bits per heavy atom. The number of hydrogen-bond donors (Lipinski definition) is 2.